The lowest BCUT2D eigenvalue weighted by Crippen LogP contribution is -2.26. The van der Waals surface area contributed by atoms with Gasteiger partial charge in [0.05, 0.1) is 12.3 Å². The highest BCUT2D eigenvalue weighted by Crippen LogP contribution is 2.20. The van der Waals surface area contributed by atoms with Crippen molar-refractivity contribution in [3.63, 3.8) is 0 Å². The van der Waals surface area contributed by atoms with Crippen LogP contribution in [-0.4, -0.2) is 52.9 Å². The number of aromatic nitrogens is 4. The van der Waals surface area contributed by atoms with Gasteiger partial charge in [0.1, 0.15) is 17.9 Å². The van der Waals surface area contributed by atoms with Crippen molar-refractivity contribution >= 4 is 11.7 Å². The molecule has 32 heavy (non-hydrogen) atoms. The van der Waals surface area contributed by atoms with Crippen LogP contribution in [0.25, 0.3) is 5.82 Å². The van der Waals surface area contributed by atoms with E-state index in [1.807, 2.05) is 74.8 Å². The lowest BCUT2D eigenvalue weighted by atomic mass is 10.1. The molecule has 1 aromatic carbocycles. The van der Waals surface area contributed by atoms with Gasteiger partial charge in [-0.2, -0.15) is 5.10 Å². The zero-order valence-electron chi connectivity index (χ0n) is 19.6. The van der Waals surface area contributed by atoms with Gasteiger partial charge in [0, 0.05) is 38.8 Å². The molecule has 0 aliphatic rings. The largest absolute Gasteiger partial charge is 0.494 e. The fraction of sp³-hybridized carbons (Fsp3) is 0.417. The van der Waals surface area contributed by atoms with Crippen molar-refractivity contribution in [2.24, 2.45) is 0 Å². The summed E-state index contributed by atoms with van der Waals surface area (Å²) in [5, 5.41) is 7.66. The first-order valence-electron chi connectivity index (χ1n) is 10.9. The standard InChI is InChI=1S/C24H32N6O2/c1-6-32-20-9-7-19(8-10-20)13-14-25-24(31)12-11-21-17(2)28-30(18(21)3)23-15-22(29(4)5)26-16-27-23/h7-10,15-16H,6,11-14H2,1-5H3,(H,25,31). The Morgan fingerprint density at radius 1 is 1.12 bits per heavy atom. The van der Waals surface area contributed by atoms with Crippen LogP contribution in [0.3, 0.4) is 0 Å². The number of carbonyl (C=O) groups excluding carboxylic acids is 1. The average molecular weight is 437 g/mol. The molecule has 170 valence electrons. The van der Waals surface area contributed by atoms with Crippen molar-refractivity contribution in [1.82, 2.24) is 25.1 Å². The van der Waals surface area contributed by atoms with Crippen LogP contribution in [0.1, 0.15) is 35.9 Å². The molecule has 0 radical (unpaired) electrons. The van der Waals surface area contributed by atoms with Gasteiger partial charge in [-0.25, -0.2) is 14.6 Å². The lowest BCUT2D eigenvalue weighted by molar-refractivity contribution is -0.121. The van der Waals surface area contributed by atoms with E-state index in [9.17, 15) is 4.79 Å². The van der Waals surface area contributed by atoms with E-state index in [4.69, 9.17) is 4.74 Å². The van der Waals surface area contributed by atoms with E-state index in [-0.39, 0.29) is 5.91 Å². The molecule has 0 aliphatic heterocycles. The minimum atomic E-state index is 0.0411. The molecule has 0 aliphatic carbocycles. The highest BCUT2D eigenvalue weighted by molar-refractivity contribution is 5.76. The molecule has 0 saturated heterocycles. The van der Waals surface area contributed by atoms with Gasteiger partial charge >= 0.3 is 0 Å². The van der Waals surface area contributed by atoms with Crippen LogP contribution >= 0.6 is 0 Å². The predicted octanol–water partition coefficient (Wildman–Crippen LogP) is 3.04. The maximum atomic E-state index is 12.4. The number of carbonyl (C=O) groups is 1. The number of amides is 1. The Bertz CT molecular complexity index is 1040. The van der Waals surface area contributed by atoms with Crippen LogP contribution in [0, 0.1) is 13.8 Å². The SMILES string of the molecule is CCOc1ccc(CCNC(=O)CCc2c(C)nn(-c3cc(N(C)C)ncn3)c2C)cc1. The van der Waals surface area contributed by atoms with Crippen molar-refractivity contribution in [1.29, 1.82) is 0 Å². The van der Waals surface area contributed by atoms with E-state index in [1.165, 1.54) is 5.56 Å². The highest BCUT2D eigenvalue weighted by atomic mass is 16.5. The normalized spacial score (nSPS) is 10.8. The number of rotatable bonds is 10. The van der Waals surface area contributed by atoms with Crippen LogP contribution < -0.4 is 15.0 Å². The van der Waals surface area contributed by atoms with Crippen LogP contribution in [0.2, 0.25) is 0 Å². The summed E-state index contributed by atoms with van der Waals surface area (Å²) in [4.78, 5) is 22.9. The Hall–Kier alpha value is -3.42. The maximum absolute atomic E-state index is 12.4. The smallest absolute Gasteiger partial charge is 0.220 e. The molecule has 0 atom stereocenters. The molecule has 2 aromatic heterocycles. The first kappa shape index (κ1) is 23.2. The predicted molar refractivity (Wildman–Crippen MR) is 126 cm³/mol. The minimum Gasteiger partial charge on any atom is -0.494 e. The number of aryl methyl sites for hydroxylation is 1. The fourth-order valence-corrected chi connectivity index (χ4v) is 3.55. The zero-order chi connectivity index (χ0) is 23.1. The van der Waals surface area contributed by atoms with Crippen molar-refractivity contribution in [2.45, 2.75) is 40.0 Å². The molecule has 0 bridgehead atoms. The van der Waals surface area contributed by atoms with Crippen molar-refractivity contribution in [2.75, 3.05) is 32.1 Å². The average Bonchev–Trinajstić information content (AvgIpc) is 3.07. The summed E-state index contributed by atoms with van der Waals surface area (Å²) in [5.74, 6) is 2.44. The molecule has 8 heteroatoms. The summed E-state index contributed by atoms with van der Waals surface area (Å²) < 4.78 is 7.28. The van der Waals surface area contributed by atoms with Crippen LogP contribution in [0.15, 0.2) is 36.7 Å². The first-order chi connectivity index (χ1) is 15.4. The Morgan fingerprint density at radius 3 is 2.56 bits per heavy atom. The molecule has 0 unspecified atom stereocenters. The third kappa shape index (κ3) is 5.84. The number of anilines is 1. The van der Waals surface area contributed by atoms with Gasteiger partial charge in [0.25, 0.3) is 0 Å². The van der Waals surface area contributed by atoms with Gasteiger partial charge in [-0.3, -0.25) is 4.79 Å². The van der Waals surface area contributed by atoms with Crippen molar-refractivity contribution < 1.29 is 9.53 Å². The summed E-state index contributed by atoms with van der Waals surface area (Å²) in [6.07, 6.45) is 3.39. The molecule has 3 rings (SSSR count). The van der Waals surface area contributed by atoms with Crippen LogP contribution in [-0.2, 0) is 17.6 Å². The molecule has 1 N–H and O–H groups in total. The van der Waals surface area contributed by atoms with Crippen molar-refractivity contribution in [3.05, 3.63) is 59.2 Å². The second-order valence-electron chi connectivity index (χ2n) is 7.87. The second kappa shape index (κ2) is 10.7. The number of hydrogen-bond acceptors (Lipinski definition) is 6. The van der Waals surface area contributed by atoms with Gasteiger partial charge in [-0.15, -0.1) is 0 Å². The third-order valence-electron chi connectivity index (χ3n) is 5.33. The quantitative estimate of drug-likeness (QED) is 0.526. The van der Waals surface area contributed by atoms with Crippen LogP contribution in [0.5, 0.6) is 5.75 Å². The summed E-state index contributed by atoms with van der Waals surface area (Å²) in [6, 6.07) is 9.89. The Kier molecular flexibility index (Phi) is 7.81. The molecule has 0 fully saturated rings. The third-order valence-corrected chi connectivity index (χ3v) is 5.33. The Morgan fingerprint density at radius 2 is 1.88 bits per heavy atom. The monoisotopic (exact) mass is 436 g/mol. The van der Waals surface area contributed by atoms with Gasteiger partial charge in [-0.1, -0.05) is 12.1 Å². The fourth-order valence-electron chi connectivity index (χ4n) is 3.55. The van der Waals surface area contributed by atoms with E-state index in [0.29, 0.717) is 26.0 Å². The lowest BCUT2D eigenvalue weighted by Gasteiger charge is -2.12. The summed E-state index contributed by atoms with van der Waals surface area (Å²) in [7, 11) is 3.88. The van der Waals surface area contributed by atoms with Gasteiger partial charge < -0.3 is 15.0 Å². The zero-order valence-corrected chi connectivity index (χ0v) is 19.6. The molecule has 0 saturated carbocycles. The Balaban J connectivity index is 1.54. The minimum absolute atomic E-state index is 0.0411. The first-order valence-corrected chi connectivity index (χ1v) is 10.9. The van der Waals surface area contributed by atoms with Gasteiger partial charge in [0.15, 0.2) is 5.82 Å². The topological polar surface area (TPSA) is 85.2 Å². The molecule has 1 amide bonds. The van der Waals surface area contributed by atoms with Crippen molar-refractivity contribution in [3.8, 4) is 11.6 Å². The van der Waals surface area contributed by atoms with Crippen LogP contribution in [0.4, 0.5) is 5.82 Å². The molecule has 3 aromatic rings. The maximum Gasteiger partial charge on any atom is 0.220 e. The number of hydrogen-bond donors (Lipinski definition) is 1. The number of ether oxygens (including phenoxy) is 1. The molecule has 8 nitrogen and oxygen atoms in total. The van der Waals surface area contributed by atoms with E-state index in [0.717, 1.165) is 40.8 Å². The number of nitrogens with zero attached hydrogens (tertiary/aromatic N) is 5. The number of benzene rings is 1. The summed E-state index contributed by atoms with van der Waals surface area (Å²) in [5.41, 5.74) is 4.16. The number of nitrogens with one attached hydrogen (secondary N) is 1. The molecular formula is C24H32N6O2. The summed E-state index contributed by atoms with van der Waals surface area (Å²) >= 11 is 0. The van der Waals surface area contributed by atoms with E-state index < -0.39 is 0 Å². The molecule has 2 heterocycles. The highest BCUT2D eigenvalue weighted by Gasteiger charge is 2.15. The van der Waals surface area contributed by atoms with E-state index in [2.05, 4.69) is 20.4 Å². The second-order valence-corrected chi connectivity index (χ2v) is 7.87. The Labute approximate surface area is 189 Å². The van der Waals surface area contributed by atoms with Gasteiger partial charge in [0.2, 0.25) is 5.91 Å². The molecule has 0 spiro atoms. The van der Waals surface area contributed by atoms with E-state index >= 15 is 0 Å². The molecular weight excluding hydrogens is 404 g/mol. The van der Waals surface area contributed by atoms with Gasteiger partial charge in [-0.05, 0) is 56.9 Å². The summed E-state index contributed by atoms with van der Waals surface area (Å²) in [6.45, 7) is 7.21. The van der Waals surface area contributed by atoms with E-state index in [1.54, 1.807) is 6.33 Å².